The minimum atomic E-state index is -0.184. The molecular formula is C19H20ClN5O2S. The second-order valence-corrected chi connectivity index (χ2v) is 7.52. The summed E-state index contributed by atoms with van der Waals surface area (Å²) in [6, 6.07) is 9.26. The molecule has 0 aliphatic rings. The van der Waals surface area contributed by atoms with E-state index in [4.69, 9.17) is 16.3 Å². The van der Waals surface area contributed by atoms with E-state index in [1.807, 2.05) is 43.7 Å². The van der Waals surface area contributed by atoms with Gasteiger partial charge in [-0.1, -0.05) is 35.5 Å². The highest BCUT2D eigenvalue weighted by molar-refractivity contribution is 7.99. The maximum absolute atomic E-state index is 12.1. The number of pyridine rings is 1. The molecule has 0 atom stereocenters. The van der Waals surface area contributed by atoms with Gasteiger partial charge in [0.25, 0.3) is 0 Å². The molecule has 1 amide bonds. The molecule has 0 aliphatic heterocycles. The zero-order valence-corrected chi connectivity index (χ0v) is 17.3. The number of benzene rings is 1. The average Bonchev–Trinajstić information content (AvgIpc) is 3.03. The standard InChI is InChI=1S/C19H20ClN5O2S/c1-12-5-4-6-15(13(12)2)27-10-17-23-24-19(25(17)3)28-11-18(26)22-16-8-7-14(20)9-21-16/h4-9H,10-11H2,1-3H3,(H,21,22,26). The van der Waals surface area contributed by atoms with Gasteiger partial charge in [0, 0.05) is 13.2 Å². The molecule has 9 heteroatoms. The number of hydrogen-bond donors (Lipinski definition) is 1. The summed E-state index contributed by atoms with van der Waals surface area (Å²) < 4.78 is 7.70. The van der Waals surface area contributed by atoms with Crippen LogP contribution in [0, 0.1) is 13.8 Å². The fourth-order valence-corrected chi connectivity index (χ4v) is 3.22. The first-order valence-corrected chi connectivity index (χ1v) is 9.92. The summed E-state index contributed by atoms with van der Waals surface area (Å²) in [5.41, 5.74) is 2.28. The third kappa shape index (κ3) is 5.02. The van der Waals surface area contributed by atoms with Crippen molar-refractivity contribution in [3.05, 3.63) is 58.5 Å². The number of rotatable bonds is 7. The van der Waals surface area contributed by atoms with Gasteiger partial charge in [-0.25, -0.2) is 4.98 Å². The Bertz CT molecular complexity index is 975. The number of aryl methyl sites for hydroxylation is 1. The molecule has 28 heavy (non-hydrogen) atoms. The first-order chi connectivity index (χ1) is 13.4. The Morgan fingerprint density at radius 3 is 2.82 bits per heavy atom. The van der Waals surface area contributed by atoms with E-state index in [2.05, 4.69) is 20.5 Å². The molecule has 146 valence electrons. The van der Waals surface area contributed by atoms with Crippen LogP contribution in [0.3, 0.4) is 0 Å². The van der Waals surface area contributed by atoms with Gasteiger partial charge in [0.1, 0.15) is 18.2 Å². The topological polar surface area (TPSA) is 81.9 Å². The van der Waals surface area contributed by atoms with Gasteiger partial charge in [-0.05, 0) is 43.2 Å². The summed E-state index contributed by atoms with van der Waals surface area (Å²) in [6.45, 7) is 4.37. The lowest BCUT2D eigenvalue weighted by Gasteiger charge is -2.10. The van der Waals surface area contributed by atoms with Crippen molar-refractivity contribution in [2.75, 3.05) is 11.1 Å². The largest absolute Gasteiger partial charge is 0.485 e. The number of amides is 1. The van der Waals surface area contributed by atoms with Crippen LogP contribution in [0.5, 0.6) is 5.75 Å². The fourth-order valence-electron chi connectivity index (χ4n) is 2.38. The number of nitrogens with one attached hydrogen (secondary N) is 1. The molecule has 0 aliphatic carbocycles. The highest BCUT2D eigenvalue weighted by Gasteiger charge is 2.13. The number of thioether (sulfide) groups is 1. The second kappa shape index (κ2) is 9.07. The van der Waals surface area contributed by atoms with E-state index in [0.717, 1.165) is 11.3 Å². The lowest BCUT2D eigenvalue weighted by Crippen LogP contribution is -2.15. The van der Waals surface area contributed by atoms with Crippen molar-refractivity contribution < 1.29 is 9.53 Å². The highest BCUT2D eigenvalue weighted by Crippen LogP contribution is 2.22. The Morgan fingerprint density at radius 2 is 2.07 bits per heavy atom. The van der Waals surface area contributed by atoms with Crippen LogP contribution < -0.4 is 10.1 Å². The molecule has 0 fully saturated rings. The van der Waals surface area contributed by atoms with Crippen LogP contribution >= 0.6 is 23.4 Å². The van der Waals surface area contributed by atoms with Gasteiger partial charge < -0.3 is 14.6 Å². The monoisotopic (exact) mass is 417 g/mol. The van der Waals surface area contributed by atoms with Crippen molar-refractivity contribution in [1.82, 2.24) is 19.7 Å². The summed E-state index contributed by atoms with van der Waals surface area (Å²) in [5, 5.41) is 12.2. The van der Waals surface area contributed by atoms with Crippen LogP contribution in [-0.4, -0.2) is 31.4 Å². The zero-order chi connectivity index (χ0) is 20.1. The van der Waals surface area contributed by atoms with E-state index in [-0.39, 0.29) is 11.7 Å². The third-order valence-electron chi connectivity index (χ3n) is 4.16. The van der Waals surface area contributed by atoms with Gasteiger partial charge in [-0.15, -0.1) is 10.2 Å². The van der Waals surface area contributed by atoms with Crippen LogP contribution in [-0.2, 0) is 18.4 Å². The molecule has 3 aromatic rings. The number of carbonyl (C=O) groups excluding carboxylic acids is 1. The molecule has 2 aromatic heterocycles. The summed E-state index contributed by atoms with van der Waals surface area (Å²) in [5.74, 6) is 1.97. The first kappa shape index (κ1) is 20.2. The normalized spacial score (nSPS) is 10.7. The number of hydrogen-bond acceptors (Lipinski definition) is 6. The predicted octanol–water partition coefficient (Wildman–Crippen LogP) is 3.79. The Balaban J connectivity index is 1.54. The summed E-state index contributed by atoms with van der Waals surface area (Å²) in [6.07, 6.45) is 1.48. The number of carbonyl (C=O) groups is 1. The van der Waals surface area contributed by atoms with Crippen molar-refractivity contribution in [2.45, 2.75) is 25.6 Å². The molecule has 2 heterocycles. The minimum Gasteiger partial charge on any atom is -0.485 e. The molecule has 1 aromatic carbocycles. The molecule has 0 saturated heterocycles. The van der Waals surface area contributed by atoms with Crippen molar-refractivity contribution in [3.8, 4) is 5.75 Å². The predicted molar refractivity (Wildman–Crippen MR) is 110 cm³/mol. The SMILES string of the molecule is Cc1cccc(OCc2nnc(SCC(=O)Nc3ccc(Cl)cn3)n2C)c1C. The lowest BCUT2D eigenvalue weighted by molar-refractivity contribution is -0.113. The molecule has 3 rings (SSSR count). The highest BCUT2D eigenvalue weighted by atomic mass is 35.5. The molecule has 0 saturated carbocycles. The Hall–Kier alpha value is -2.58. The number of anilines is 1. The van der Waals surface area contributed by atoms with E-state index >= 15 is 0 Å². The molecule has 7 nitrogen and oxygen atoms in total. The number of nitrogens with zero attached hydrogens (tertiary/aromatic N) is 4. The van der Waals surface area contributed by atoms with Crippen LogP contribution in [0.2, 0.25) is 5.02 Å². The Morgan fingerprint density at radius 1 is 1.25 bits per heavy atom. The maximum Gasteiger partial charge on any atom is 0.236 e. The van der Waals surface area contributed by atoms with Crippen LogP contribution in [0.4, 0.5) is 5.82 Å². The van der Waals surface area contributed by atoms with E-state index < -0.39 is 0 Å². The smallest absolute Gasteiger partial charge is 0.236 e. The van der Waals surface area contributed by atoms with Crippen LogP contribution in [0.1, 0.15) is 17.0 Å². The van der Waals surface area contributed by atoms with Gasteiger partial charge in [-0.2, -0.15) is 0 Å². The molecule has 0 unspecified atom stereocenters. The molecular weight excluding hydrogens is 398 g/mol. The van der Waals surface area contributed by atoms with Crippen LogP contribution in [0.15, 0.2) is 41.7 Å². The zero-order valence-electron chi connectivity index (χ0n) is 15.8. The van der Waals surface area contributed by atoms with Gasteiger partial charge in [-0.3, -0.25) is 4.79 Å². The van der Waals surface area contributed by atoms with Gasteiger partial charge in [0.15, 0.2) is 11.0 Å². The van der Waals surface area contributed by atoms with Crippen molar-refractivity contribution in [2.24, 2.45) is 7.05 Å². The van der Waals surface area contributed by atoms with E-state index in [9.17, 15) is 4.79 Å². The van der Waals surface area contributed by atoms with Gasteiger partial charge in [0.2, 0.25) is 5.91 Å². The molecule has 0 radical (unpaired) electrons. The van der Waals surface area contributed by atoms with E-state index in [1.165, 1.54) is 23.5 Å². The summed E-state index contributed by atoms with van der Waals surface area (Å²) in [7, 11) is 1.85. The molecule has 1 N–H and O–H groups in total. The Kier molecular flexibility index (Phi) is 6.53. The fraction of sp³-hybridized carbons (Fsp3) is 0.263. The number of halogens is 1. The van der Waals surface area contributed by atoms with Crippen molar-refractivity contribution in [1.29, 1.82) is 0 Å². The van der Waals surface area contributed by atoms with Crippen molar-refractivity contribution >= 4 is 35.1 Å². The second-order valence-electron chi connectivity index (χ2n) is 6.14. The van der Waals surface area contributed by atoms with Crippen molar-refractivity contribution in [3.63, 3.8) is 0 Å². The molecule has 0 bridgehead atoms. The van der Waals surface area contributed by atoms with E-state index in [1.54, 1.807) is 12.1 Å². The quantitative estimate of drug-likeness (QED) is 0.589. The minimum absolute atomic E-state index is 0.184. The van der Waals surface area contributed by atoms with Gasteiger partial charge >= 0.3 is 0 Å². The first-order valence-electron chi connectivity index (χ1n) is 8.55. The Labute approximate surface area is 172 Å². The number of aromatic nitrogens is 4. The molecule has 0 spiro atoms. The average molecular weight is 418 g/mol. The summed E-state index contributed by atoms with van der Waals surface area (Å²) in [4.78, 5) is 16.1. The lowest BCUT2D eigenvalue weighted by atomic mass is 10.1. The summed E-state index contributed by atoms with van der Waals surface area (Å²) >= 11 is 7.08. The van der Waals surface area contributed by atoms with E-state index in [0.29, 0.717) is 28.4 Å². The number of ether oxygens (including phenoxy) is 1. The third-order valence-corrected chi connectivity index (χ3v) is 5.41. The maximum atomic E-state index is 12.1. The van der Waals surface area contributed by atoms with Gasteiger partial charge in [0.05, 0.1) is 10.8 Å². The van der Waals surface area contributed by atoms with Crippen LogP contribution in [0.25, 0.3) is 0 Å².